The van der Waals surface area contributed by atoms with Crippen molar-refractivity contribution in [1.29, 1.82) is 0 Å². The van der Waals surface area contributed by atoms with Gasteiger partial charge in [-0.2, -0.15) is 0 Å². The van der Waals surface area contributed by atoms with Crippen LogP contribution < -0.4 is 0 Å². The predicted molar refractivity (Wildman–Crippen MR) is 87.3 cm³/mol. The highest BCUT2D eigenvalue weighted by Gasteiger charge is 2.23. The zero-order chi connectivity index (χ0) is 17.3. The van der Waals surface area contributed by atoms with Crippen LogP contribution in [0.1, 0.15) is 41.0 Å². The van der Waals surface area contributed by atoms with Crippen LogP contribution in [0.3, 0.4) is 0 Å². The largest absolute Gasteiger partial charge is 0.465 e. The Hall–Kier alpha value is -1.43. The van der Waals surface area contributed by atoms with Gasteiger partial charge in [0.25, 0.3) is 0 Å². The lowest BCUT2D eigenvalue weighted by Gasteiger charge is -2.11. The Morgan fingerprint density at radius 1 is 1.09 bits per heavy atom. The number of rotatable bonds is 9. The summed E-state index contributed by atoms with van der Waals surface area (Å²) in [5.74, 6) is -1.80. The molecule has 0 aliphatic carbocycles. The monoisotopic (exact) mass is 330 g/mol. The van der Waals surface area contributed by atoms with E-state index in [0.717, 1.165) is 5.57 Å². The molecule has 0 heterocycles. The van der Waals surface area contributed by atoms with Crippen molar-refractivity contribution in [3.8, 4) is 0 Å². The first-order valence-electron chi connectivity index (χ1n) is 7.25. The summed E-state index contributed by atoms with van der Waals surface area (Å²) in [6, 6.07) is 0. The maximum absolute atomic E-state index is 11.9. The number of ketones is 1. The minimum absolute atomic E-state index is 0.00543. The summed E-state index contributed by atoms with van der Waals surface area (Å²) in [5.41, 5.74) is 1.57. The summed E-state index contributed by atoms with van der Waals surface area (Å²) < 4.78 is 28.7. The fourth-order valence-corrected chi connectivity index (χ4v) is 3.27. The molecular formula is C16H26O5S. The van der Waals surface area contributed by atoms with Gasteiger partial charge in [-0.05, 0) is 41.0 Å². The van der Waals surface area contributed by atoms with E-state index in [2.05, 4.69) is 0 Å². The first-order chi connectivity index (χ1) is 10.1. The van der Waals surface area contributed by atoms with E-state index in [4.69, 9.17) is 4.74 Å². The second-order valence-corrected chi connectivity index (χ2v) is 7.65. The third kappa shape index (κ3) is 8.77. The number of allylic oxidation sites excluding steroid dienone is 2. The molecule has 0 aromatic carbocycles. The zero-order valence-electron chi connectivity index (χ0n) is 14.0. The van der Waals surface area contributed by atoms with Crippen molar-refractivity contribution in [3.63, 3.8) is 0 Å². The van der Waals surface area contributed by atoms with Crippen molar-refractivity contribution in [2.75, 3.05) is 18.1 Å². The van der Waals surface area contributed by atoms with Crippen molar-refractivity contribution in [1.82, 2.24) is 0 Å². The smallest absolute Gasteiger partial charge is 0.316 e. The van der Waals surface area contributed by atoms with Gasteiger partial charge in [0.15, 0.2) is 9.84 Å². The van der Waals surface area contributed by atoms with Crippen LogP contribution >= 0.6 is 0 Å². The average molecular weight is 330 g/mol. The first kappa shape index (κ1) is 20.6. The molecule has 0 radical (unpaired) electrons. The van der Waals surface area contributed by atoms with E-state index in [1.807, 2.05) is 13.8 Å². The van der Waals surface area contributed by atoms with Gasteiger partial charge in [0.05, 0.1) is 18.1 Å². The van der Waals surface area contributed by atoms with E-state index in [1.165, 1.54) is 6.92 Å². The van der Waals surface area contributed by atoms with Crippen molar-refractivity contribution in [2.24, 2.45) is 5.92 Å². The van der Waals surface area contributed by atoms with Crippen molar-refractivity contribution < 1.29 is 22.7 Å². The summed E-state index contributed by atoms with van der Waals surface area (Å²) in [7, 11) is -3.22. The van der Waals surface area contributed by atoms with E-state index in [9.17, 15) is 18.0 Å². The van der Waals surface area contributed by atoms with E-state index in [0.29, 0.717) is 5.57 Å². The van der Waals surface area contributed by atoms with Gasteiger partial charge in [0, 0.05) is 0 Å². The number of sulfone groups is 1. The number of hydrogen-bond donors (Lipinski definition) is 0. The highest BCUT2D eigenvalue weighted by molar-refractivity contribution is 7.91. The van der Waals surface area contributed by atoms with E-state index < -0.39 is 21.7 Å². The lowest BCUT2D eigenvalue weighted by Crippen LogP contribution is -2.24. The molecule has 6 heteroatoms. The van der Waals surface area contributed by atoms with Gasteiger partial charge in [-0.25, -0.2) is 8.42 Å². The van der Waals surface area contributed by atoms with Gasteiger partial charge in [0.2, 0.25) is 0 Å². The third-order valence-electron chi connectivity index (χ3n) is 2.96. The molecule has 0 spiro atoms. The third-order valence-corrected chi connectivity index (χ3v) is 4.53. The topological polar surface area (TPSA) is 77.5 Å². The van der Waals surface area contributed by atoms with E-state index in [-0.39, 0.29) is 30.3 Å². The van der Waals surface area contributed by atoms with E-state index in [1.54, 1.807) is 26.0 Å². The SMILES string of the molecule is CCOC(=O)C(C/C=C(\C)CS(=O)(=O)CC=C(C)C)C(C)=O. The standard InChI is InChI=1S/C16H26O5S/c1-6-21-16(18)15(14(5)17)8-7-13(4)11-22(19,20)10-9-12(2)3/h7,9,15H,6,8,10-11H2,1-5H3/b13-7+. The molecule has 0 N–H and O–H groups in total. The average Bonchev–Trinajstić information content (AvgIpc) is 2.36. The molecule has 0 fully saturated rings. The van der Waals surface area contributed by atoms with Crippen LogP contribution in [0.4, 0.5) is 0 Å². The molecule has 0 aromatic heterocycles. The Kier molecular flexibility index (Phi) is 8.94. The molecule has 1 atom stereocenters. The molecule has 0 aliphatic rings. The van der Waals surface area contributed by atoms with Crippen LogP contribution in [0.15, 0.2) is 23.3 Å². The lowest BCUT2D eigenvalue weighted by molar-refractivity contribution is -0.150. The van der Waals surface area contributed by atoms with Crippen molar-refractivity contribution >= 4 is 21.6 Å². The Bertz CT molecular complexity index is 551. The van der Waals surface area contributed by atoms with Gasteiger partial charge in [-0.1, -0.05) is 23.3 Å². The molecule has 1 unspecified atom stereocenters. The molecular weight excluding hydrogens is 304 g/mol. The van der Waals surface area contributed by atoms with Gasteiger partial charge in [-0.3, -0.25) is 9.59 Å². The maximum Gasteiger partial charge on any atom is 0.316 e. The quantitative estimate of drug-likeness (QED) is 0.369. The van der Waals surface area contributed by atoms with Crippen LogP contribution in [0.5, 0.6) is 0 Å². The number of carbonyl (C=O) groups is 2. The fourth-order valence-electron chi connectivity index (χ4n) is 1.75. The lowest BCUT2D eigenvalue weighted by atomic mass is 10.00. The fraction of sp³-hybridized carbons (Fsp3) is 0.625. The normalized spacial score (nSPS) is 13.4. The molecule has 5 nitrogen and oxygen atoms in total. The number of hydrogen-bond acceptors (Lipinski definition) is 5. The van der Waals surface area contributed by atoms with Crippen LogP contribution in [0.2, 0.25) is 0 Å². The van der Waals surface area contributed by atoms with Gasteiger partial charge in [0.1, 0.15) is 11.7 Å². The molecule has 0 amide bonds. The summed E-state index contributed by atoms with van der Waals surface area (Å²) in [5, 5.41) is 0. The number of Topliss-reactive ketones (excluding diaryl/α,β-unsaturated/α-hetero) is 1. The molecule has 22 heavy (non-hydrogen) atoms. The zero-order valence-corrected chi connectivity index (χ0v) is 14.8. The Morgan fingerprint density at radius 3 is 2.14 bits per heavy atom. The number of carbonyl (C=O) groups excluding carboxylic acids is 2. The predicted octanol–water partition coefficient (Wildman–Crippen LogP) is 2.47. The van der Waals surface area contributed by atoms with Crippen LogP contribution in [0, 0.1) is 5.92 Å². The van der Waals surface area contributed by atoms with Crippen LogP contribution in [-0.2, 0) is 24.2 Å². The minimum Gasteiger partial charge on any atom is -0.465 e. The van der Waals surface area contributed by atoms with Crippen molar-refractivity contribution in [3.05, 3.63) is 23.3 Å². The number of esters is 1. The van der Waals surface area contributed by atoms with Crippen LogP contribution in [0.25, 0.3) is 0 Å². The molecule has 0 aliphatic heterocycles. The summed E-state index contributed by atoms with van der Waals surface area (Å²) >= 11 is 0. The summed E-state index contributed by atoms with van der Waals surface area (Å²) in [6.07, 6.45) is 3.46. The highest BCUT2D eigenvalue weighted by Crippen LogP contribution is 2.12. The second-order valence-electron chi connectivity index (χ2n) is 5.54. The molecule has 0 bridgehead atoms. The second kappa shape index (κ2) is 9.56. The molecule has 0 saturated heterocycles. The Morgan fingerprint density at radius 2 is 1.68 bits per heavy atom. The minimum atomic E-state index is -3.22. The van der Waals surface area contributed by atoms with Crippen LogP contribution in [-0.4, -0.2) is 38.3 Å². The van der Waals surface area contributed by atoms with Gasteiger partial charge >= 0.3 is 5.97 Å². The summed E-state index contributed by atoms with van der Waals surface area (Å²) in [6.45, 7) is 8.58. The van der Waals surface area contributed by atoms with Crippen molar-refractivity contribution in [2.45, 2.75) is 41.0 Å². The Balaban J connectivity index is 4.80. The molecule has 0 aromatic rings. The summed E-state index contributed by atoms with van der Waals surface area (Å²) in [4.78, 5) is 23.1. The van der Waals surface area contributed by atoms with E-state index >= 15 is 0 Å². The molecule has 126 valence electrons. The first-order valence-corrected chi connectivity index (χ1v) is 9.07. The number of ether oxygens (including phenoxy) is 1. The molecule has 0 saturated carbocycles. The molecule has 0 rings (SSSR count). The Labute approximate surface area is 133 Å². The van der Waals surface area contributed by atoms with Gasteiger partial charge in [-0.15, -0.1) is 0 Å². The maximum atomic E-state index is 11.9. The highest BCUT2D eigenvalue weighted by atomic mass is 32.2. The van der Waals surface area contributed by atoms with Gasteiger partial charge < -0.3 is 4.74 Å².